The second kappa shape index (κ2) is 2.17. The Bertz CT molecular complexity index is 94.9. The molecule has 1 heterocycles. The molecule has 53 valence electrons. The van der Waals surface area contributed by atoms with Crippen LogP contribution < -0.4 is 0 Å². The number of hydrogen-bond donors (Lipinski definition) is 0. The minimum absolute atomic E-state index is 0.222. The highest BCUT2D eigenvalue weighted by Gasteiger charge is 2.35. The normalized spacial score (nSPS) is 21.7. The Labute approximate surface area is 50.8 Å². The standard InChI is InChI=1S/C5H6F3O/c6-5(7,8)1-4-2-9-3-4/h1,4H,2-3H2. The Morgan fingerprint density at radius 1 is 1.33 bits per heavy atom. The van der Waals surface area contributed by atoms with Crippen LogP contribution in [0.4, 0.5) is 13.2 Å². The van der Waals surface area contributed by atoms with E-state index in [2.05, 4.69) is 4.74 Å². The van der Waals surface area contributed by atoms with E-state index in [0.29, 0.717) is 6.42 Å². The Balaban J connectivity index is 2.16. The summed E-state index contributed by atoms with van der Waals surface area (Å²) >= 11 is 0. The lowest BCUT2D eigenvalue weighted by molar-refractivity contribution is -0.127. The van der Waals surface area contributed by atoms with Gasteiger partial charge in [0.15, 0.2) is 0 Å². The predicted molar refractivity (Wildman–Crippen MR) is 24.7 cm³/mol. The summed E-state index contributed by atoms with van der Waals surface area (Å²) in [6.07, 6.45) is -3.76. The first-order valence-corrected chi connectivity index (χ1v) is 2.58. The SMILES string of the molecule is FC(F)(F)[CH]C1COC1. The van der Waals surface area contributed by atoms with Crippen molar-refractivity contribution in [1.82, 2.24) is 0 Å². The van der Waals surface area contributed by atoms with E-state index in [4.69, 9.17) is 0 Å². The molecule has 4 heteroatoms. The van der Waals surface area contributed by atoms with E-state index >= 15 is 0 Å². The van der Waals surface area contributed by atoms with Crippen molar-refractivity contribution in [3.05, 3.63) is 6.42 Å². The average Bonchev–Trinajstić information content (AvgIpc) is 1.53. The van der Waals surface area contributed by atoms with Crippen LogP contribution in [0.25, 0.3) is 0 Å². The minimum Gasteiger partial charge on any atom is -0.381 e. The van der Waals surface area contributed by atoms with E-state index in [1.165, 1.54) is 0 Å². The van der Waals surface area contributed by atoms with Gasteiger partial charge in [-0.05, 0) is 0 Å². The summed E-state index contributed by atoms with van der Waals surface area (Å²) in [4.78, 5) is 0. The molecule has 9 heavy (non-hydrogen) atoms. The fourth-order valence-electron chi connectivity index (χ4n) is 0.617. The molecule has 0 bridgehead atoms. The maximum absolute atomic E-state index is 11.4. The first kappa shape index (κ1) is 6.86. The van der Waals surface area contributed by atoms with Crippen LogP contribution in [0.3, 0.4) is 0 Å². The zero-order valence-electron chi connectivity index (χ0n) is 4.61. The van der Waals surface area contributed by atoms with Crippen molar-refractivity contribution in [3.63, 3.8) is 0 Å². The zero-order chi connectivity index (χ0) is 6.91. The molecule has 1 rings (SSSR count). The highest BCUT2D eigenvalue weighted by Crippen LogP contribution is 2.27. The Morgan fingerprint density at radius 2 is 1.89 bits per heavy atom. The third-order valence-electron chi connectivity index (χ3n) is 1.09. The lowest BCUT2D eigenvalue weighted by atomic mass is 10.0. The first-order valence-electron chi connectivity index (χ1n) is 2.58. The van der Waals surface area contributed by atoms with Crippen LogP contribution in [-0.4, -0.2) is 19.4 Å². The molecule has 0 spiro atoms. The Kier molecular flexibility index (Phi) is 1.66. The van der Waals surface area contributed by atoms with Gasteiger partial charge in [-0.15, -0.1) is 0 Å². The maximum Gasteiger partial charge on any atom is 0.392 e. The molecular formula is C5H6F3O. The zero-order valence-corrected chi connectivity index (χ0v) is 4.61. The number of hydrogen-bond acceptors (Lipinski definition) is 1. The number of alkyl halides is 3. The molecule has 1 saturated heterocycles. The second-order valence-corrected chi connectivity index (χ2v) is 2.01. The van der Waals surface area contributed by atoms with E-state index in [0.717, 1.165) is 0 Å². The van der Waals surface area contributed by atoms with Crippen molar-refractivity contribution in [2.24, 2.45) is 5.92 Å². The lowest BCUT2D eigenvalue weighted by Gasteiger charge is -2.26. The fraction of sp³-hybridized carbons (Fsp3) is 0.800. The van der Waals surface area contributed by atoms with Crippen molar-refractivity contribution >= 4 is 0 Å². The summed E-state index contributed by atoms with van der Waals surface area (Å²) in [5.74, 6) is -0.398. The van der Waals surface area contributed by atoms with E-state index in [-0.39, 0.29) is 13.2 Å². The van der Waals surface area contributed by atoms with Crippen LogP contribution in [0.1, 0.15) is 0 Å². The van der Waals surface area contributed by atoms with Gasteiger partial charge in [-0.2, -0.15) is 13.2 Å². The van der Waals surface area contributed by atoms with Gasteiger partial charge < -0.3 is 4.74 Å². The predicted octanol–water partition coefficient (Wildman–Crippen LogP) is 1.40. The summed E-state index contributed by atoms with van der Waals surface area (Å²) in [5, 5.41) is 0. The quantitative estimate of drug-likeness (QED) is 0.533. The van der Waals surface area contributed by atoms with Crippen molar-refractivity contribution in [2.75, 3.05) is 13.2 Å². The van der Waals surface area contributed by atoms with Gasteiger partial charge in [-0.25, -0.2) is 0 Å². The van der Waals surface area contributed by atoms with Gasteiger partial charge in [-0.1, -0.05) is 0 Å². The molecule has 0 aromatic carbocycles. The maximum atomic E-state index is 11.4. The van der Waals surface area contributed by atoms with Crippen LogP contribution in [0.2, 0.25) is 0 Å². The van der Waals surface area contributed by atoms with Gasteiger partial charge in [0.2, 0.25) is 0 Å². The smallest absolute Gasteiger partial charge is 0.381 e. The van der Waals surface area contributed by atoms with E-state index in [9.17, 15) is 13.2 Å². The highest BCUT2D eigenvalue weighted by atomic mass is 19.4. The molecular weight excluding hydrogens is 133 g/mol. The Morgan fingerprint density at radius 3 is 2.00 bits per heavy atom. The molecule has 1 fully saturated rings. The average molecular weight is 139 g/mol. The van der Waals surface area contributed by atoms with Gasteiger partial charge in [0.05, 0.1) is 19.6 Å². The van der Waals surface area contributed by atoms with Crippen molar-refractivity contribution in [2.45, 2.75) is 6.18 Å². The molecule has 1 aliphatic heterocycles. The molecule has 0 saturated carbocycles. The van der Waals surface area contributed by atoms with Crippen LogP contribution in [-0.2, 0) is 4.74 Å². The highest BCUT2D eigenvalue weighted by molar-refractivity contribution is 4.86. The molecule has 1 radical (unpaired) electrons. The molecule has 0 N–H and O–H groups in total. The Hall–Kier alpha value is -0.250. The molecule has 1 aliphatic rings. The van der Waals surface area contributed by atoms with Gasteiger partial charge in [0.25, 0.3) is 0 Å². The third kappa shape index (κ3) is 2.22. The summed E-state index contributed by atoms with van der Waals surface area (Å²) in [7, 11) is 0. The topological polar surface area (TPSA) is 9.23 Å². The molecule has 0 aliphatic carbocycles. The van der Waals surface area contributed by atoms with Crippen molar-refractivity contribution < 1.29 is 17.9 Å². The van der Waals surface area contributed by atoms with Crippen LogP contribution in [0, 0.1) is 12.3 Å². The first-order chi connectivity index (χ1) is 4.08. The number of halogens is 3. The van der Waals surface area contributed by atoms with Gasteiger partial charge in [0, 0.05) is 5.92 Å². The van der Waals surface area contributed by atoms with Gasteiger partial charge in [0.1, 0.15) is 0 Å². The van der Waals surface area contributed by atoms with Crippen molar-refractivity contribution in [3.8, 4) is 0 Å². The minimum atomic E-state index is -4.13. The van der Waals surface area contributed by atoms with Crippen LogP contribution in [0.15, 0.2) is 0 Å². The molecule has 0 atom stereocenters. The summed E-state index contributed by atoms with van der Waals surface area (Å²) in [6.45, 7) is 0.443. The second-order valence-electron chi connectivity index (χ2n) is 2.01. The molecule has 1 nitrogen and oxygen atoms in total. The number of ether oxygens (including phenoxy) is 1. The molecule has 0 aromatic heterocycles. The lowest BCUT2D eigenvalue weighted by Crippen LogP contribution is -2.32. The van der Waals surface area contributed by atoms with Crippen LogP contribution in [0.5, 0.6) is 0 Å². The summed E-state index contributed by atoms with van der Waals surface area (Å²) < 4.78 is 38.8. The molecule has 0 aromatic rings. The van der Waals surface area contributed by atoms with Gasteiger partial charge >= 0.3 is 6.18 Å². The molecule has 0 unspecified atom stereocenters. The molecule has 0 amide bonds. The summed E-state index contributed by atoms with van der Waals surface area (Å²) in [6, 6.07) is 0. The van der Waals surface area contributed by atoms with E-state index in [1.807, 2.05) is 0 Å². The van der Waals surface area contributed by atoms with Crippen molar-refractivity contribution in [1.29, 1.82) is 0 Å². The fourth-order valence-corrected chi connectivity index (χ4v) is 0.617. The third-order valence-corrected chi connectivity index (χ3v) is 1.09. The van der Waals surface area contributed by atoms with E-state index < -0.39 is 12.1 Å². The number of rotatable bonds is 1. The van der Waals surface area contributed by atoms with Gasteiger partial charge in [-0.3, -0.25) is 0 Å². The summed E-state index contributed by atoms with van der Waals surface area (Å²) in [5.41, 5.74) is 0. The monoisotopic (exact) mass is 139 g/mol. The van der Waals surface area contributed by atoms with E-state index in [1.54, 1.807) is 0 Å². The van der Waals surface area contributed by atoms with Crippen LogP contribution >= 0.6 is 0 Å². The largest absolute Gasteiger partial charge is 0.392 e.